The van der Waals surface area contributed by atoms with E-state index >= 15 is 0 Å². The van der Waals surface area contributed by atoms with Gasteiger partial charge in [0.1, 0.15) is 0 Å². The Bertz CT molecular complexity index is 554. The minimum Gasteiger partial charge on any atom is -0.378 e. The van der Waals surface area contributed by atoms with E-state index in [9.17, 15) is 9.59 Å². The molecule has 2 N–H and O–H groups in total. The summed E-state index contributed by atoms with van der Waals surface area (Å²) in [6, 6.07) is 7.75. The lowest BCUT2D eigenvalue weighted by Gasteiger charge is -2.26. The Hall–Kier alpha value is -1.28. The Labute approximate surface area is 159 Å². The van der Waals surface area contributed by atoms with Gasteiger partial charge in [0.2, 0.25) is 11.8 Å². The van der Waals surface area contributed by atoms with Crippen LogP contribution < -0.4 is 10.6 Å². The van der Waals surface area contributed by atoms with Gasteiger partial charge in [-0.1, -0.05) is 25.1 Å². The molecule has 1 aliphatic rings. The smallest absolute Gasteiger partial charge is 0.234 e. The molecule has 1 aliphatic heterocycles. The first kappa shape index (κ1) is 21.8. The molecule has 2 amide bonds. The van der Waals surface area contributed by atoms with Crippen molar-refractivity contribution < 1.29 is 14.3 Å². The number of halogens is 1. The van der Waals surface area contributed by atoms with Crippen molar-refractivity contribution in [3.63, 3.8) is 0 Å². The molecule has 0 aliphatic carbocycles. The van der Waals surface area contributed by atoms with E-state index in [2.05, 4.69) is 10.6 Å². The van der Waals surface area contributed by atoms with Crippen molar-refractivity contribution in [2.45, 2.75) is 13.5 Å². The predicted octanol–water partition coefficient (Wildman–Crippen LogP) is 1.75. The van der Waals surface area contributed by atoms with Gasteiger partial charge in [-0.3, -0.25) is 9.59 Å². The number of para-hydroxylation sites is 1. The maximum atomic E-state index is 12.1. The molecule has 25 heavy (non-hydrogen) atoms. The zero-order valence-corrected chi connectivity index (χ0v) is 16.1. The van der Waals surface area contributed by atoms with Crippen LogP contribution in [-0.4, -0.2) is 61.1 Å². The lowest BCUT2D eigenvalue weighted by molar-refractivity contribution is -0.132. The van der Waals surface area contributed by atoms with E-state index in [4.69, 9.17) is 4.74 Å². The number of amides is 2. The van der Waals surface area contributed by atoms with Crippen LogP contribution in [0.3, 0.4) is 0 Å². The second kappa shape index (κ2) is 12.1. The summed E-state index contributed by atoms with van der Waals surface area (Å²) in [5.41, 5.74) is 1.88. The van der Waals surface area contributed by atoms with Crippen LogP contribution >= 0.6 is 24.2 Å². The predicted molar refractivity (Wildman–Crippen MR) is 104 cm³/mol. The number of hydrogen-bond donors (Lipinski definition) is 2. The number of carbonyl (C=O) groups excluding carboxylic acids is 2. The molecular weight excluding hydrogens is 362 g/mol. The Morgan fingerprint density at radius 2 is 1.92 bits per heavy atom. The van der Waals surface area contributed by atoms with Gasteiger partial charge in [0.15, 0.2) is 0 Å². The summed E-state index contributed by atoms with van der Waals surface area (Å²) in [6.45, 7) is 6.12. The second-order valence-electron chi connectivity index (χ2n) is 5.47. The third-order valence-corrected chi connectivity index (χ3v) is 4.60. The summed E-state index contributed by atoms with van der Waals surface area (Å²) < 4.78 is 5.23. The number of nitrogens with zero attached hydrogens (tertiary/aromatic N) is 1. The number of hydrogen-bond acceptors (Lipinski definition) is 5. The number of carbonyl (C=O) groups is 2. The van der Waals surface area contributed by atoms with Crippen LogP contribution in [0, 0.1) is 0 Å². The van der Waals surface area contributed by atoms with E-state index in [-0.39, 0.29) is 30.0 Å². The van der Waals surface area contributed by atoms with Crippen LogP contribution in [0.1, 0.15) is 12.5 Å². The Balaban J connectivity index is 0.00000312. The average Bonchev–Trinajstić information content (AvgIpc) is 2.61. The van der Waals surface area contributed by atoms with E-state index in [1.165, 1.54) is 11.8 Å². The molecule has 8 heteroatoms. The Kier molecular flexibility index (Phi) is 10.6. The zero-order chi connectivity index (χ0) is 17.2. The Morgan fingerprint density at radius 3 is 2.64 bits per heavy atom. The summed E-state index contributed by atoms with van der Waals surface area (Å²) in [5, 5.41) is 6.18. The summed E-state index contributed by atoms with van der Waals surface area (Å²) in [5.74, 6) is 0.584. The van der Waals surface area contributed by atoms with Crippen molar-refractivity contribution >= 4 is 41.7 Å². The van der Waals surface area contributed by atoms with Gasteiger partial charge in [0.05, 0.1) is 24.7 Å². The largest absolute Gasteiger partial charge is 0.378 e. The number of benzene rings is 1. The molecule has 0 saturated carbocycles. The van der Waals surface area contributed by atoms with E-state index in [1.54, 1.807) is 4.90 Å². The first-order valence-corrected chi connectivity index (χ1v) is 9.38. The molecule has 0 aromatic heterocycles. The van der Waals surface area contributed by atoms with E-state index in [0.717, 1.165) is 24.3 Å². The van der Waals surface area contributed by atoms with Crippen molar-refractivity contribution in [3.8, 4) is 0 Å². The molecule has 0 spiro atoms. The quantitative estimate of drug-likeness (QED) is 0.711. The summed E-state index contributed by atoms with van der Waals surface area (Å²) >= 11 is 1.35. The third-order valence-electron chi connectivity index (χ3n) is 3.68. The van der Waals surface area contributed by atoms with Crippen LogP contribution in [-0.2, 0) is 20.9 Å². The number of thioether (sulfide) groups is 1. The van der Waals surface area contributed by atoms with Crippen molar-refractivity contribution in [1.82, 2.24) is 10.2 Å². The number of ether oxygens (including phenoxy) is 1. The van der Waals surface area contributed by atoms with Crippen LogP contribution in [0.15, 0.2) is 24.3 Å². The number of rotatable bonds is 8. The fraction of sp³-hybridized carbons (Fsp3) is 0.529. The monoisotopic (exact) mass is 387 g/mol. The molecule has 2 rings (SSSR count). The highest BCUT2D eigenvalue weighted by Gasteiger charge is 2.17. The normalized spacial score (nSPS) is 13.9. The maximum absolute atomic E-state index is 12.1. The zero-order valence-electron chi connectivity index (χ0n) is 14.5. The summed E-state index contributed by atoms with van der Waals surface area (Å²) in [7, 11) is 0. The van der Waals surface area contributed by atoms with Gasteiger partial charge in [-0.15, -0.1) is 24.2 Å². The third kappa shape index (κ3) is 7.64. The SMILES string of the molecule is CCNCc1ccccc1NC(=O)CSCC(=O)N1CCOCC1.Cl. The van der Waals surface area contributed by atoms with Gasteiger partial charge >= 0.3 is 0 Å². The van der Waals surface area contributed by atoms with E-state index in [1.807, 2.05) is 31.2 Å². The fourth-order valence-electron chi connectivity index (χ4n) is 2.38. The standard InChI is InChI=1S/C17H25N3O3S.ClH/c1-2-18-11-14-5-3-4-6-15(14)19-16(21)12-24-13-17(22)20-7-9-23-10-8-20;/h3-6,18H,2,7-13H2,1H3,(H,19,21);1H. The van der Waals surface area contributed by atoms with Gasteiger partial charge in [0.25, 0.3) is 0 Å². The molecule has 1 aromatic carbocycles. The van der Waals surface area contributed by atoms with Gasteiger partial charge in [-0.25, -0.2) is 0 Å². The van der Waals surface area contributed by atoms with Crippen LogP contribution in [0.5, 0.6) is 0 Å². The minimum atomic E-state index is -0.0845. The molecule has 1 aromatic rings. The van der Waals surface area contributed by atoms with Gasteiger partial charge in [0, 0.05) is 25.3 Å². The van der Waals surface area contributed by atoms with Crippen molar-refractivity contribution in [1.29, 1.82) is 0 Å². The fourth-order valence-corrected chi connectivity index (χ4v) is 3.09. The van der Waals surface area contributed by atoms with E-state index < -0.39 is 0 Å². The molecule has 1 heterocycles. The van der Waals surface area contributed by atoms with Crippen molar-refractivity contribution in [2.24, 2.45) is 0 Å². The first-order chi connectivity index (χ1) is 11.7. The Morgan fingerprint density at radius 1 is 1.20 bits per heavy atom. The first-order valence-electron chi connectivity index (χ1n) is 8.22. The minimum absolute atomic E-state index is 0. The summed E-state index contributed by atoms with van der Waals surface area (Å²) in [4.78, 5) is 25.9. The molecule has 6 nitrogen and oxygen atoms in total. The molecule has 0 atom stereocenters. The molecule has 0 unspecified atom stereocenters. The average molecular weight is 388 g/mol. The maximum Gasteiger partial charge on any atom is 0.234 e. The van der Waals surface area contributed by atoms with Crippen LogP contribution in [0.4, 0.5) is 5.69 Å². The van der Waals surface area contributed by atoms with Crippen molar-refractivity contribution in [3.05, 3.63) is 29.8 Å². The van der Waals surface area contributed by atoms with Gasteiger partial charge in [-0.05, 0) is 18.2 Å². The van der Waals surface area contributed by atoms with Crippen LogP contribution in [0.2, 0.25) is 0 Å². The lowest BCUT2D eigenvalue weighted by Crippen LogP contribution is -2.41. The summed E-state index contributed by atoms with van der Waals surface area (Å²) in [6.07, 6.45) is 0. The molecule has 1 saturated heterocycles. The van der Waals surface area contributed by atoms with E-state index in [0.29, 0.717) is 32.1 Å². The lowest BCUT2D eigenvalue weighted by atomic mass is 10.1. The van der Waals surface area contributed by atoms with Gasteiger partial charge in [-0.2, -0.15) is 0 Å². The highest BCUT2D eigenvalue weighted by molar-refractivity contribution is 8.00. The highest BCUT2D eigenvalue weighted by Crippen LogP contribution is 2.15. The number of morpholine rings is 1. The topological polar surface area (TPSA) is 70.7 Å². The molecule has 0 radical (unpaired) electrons. The highest BCUT2D eigenvalue weighted by atomic mass is 35.5. The molecule has 140 valence electrons. The molecular formula is C17H26ClN3O3S. The second-order valence-corrected chi connectivity index (χ2v) is 6.46. The molecule has 1 fully saturated rings. The van der Waals surface area contributed by atoms with Gasteiger partial charge < -0.3 is 20.3 Å². The number of nitrogens with one attached hydrogen (secondary N) is 2. The van der Waals surface area contributed by atoms with Crippen LogP contribution in [0.25, 0.3) is 0 Å². The van der Waals surface area contributed by atoms with Crippen molar-refractivity contribution in [2.75, 3.05) is 49.7 Å². The number of anilines is 1. The molecule has 0 bridgehead atoms.